The van der Waals surface area contributed by atoms with Crippen LogP contribution >= 0.6 is 0 Å². The van der Waals surface area contributed by atoms with Crippen molar-refractivity contribution < 1.29 is 0 Å². The molecule has 1 aliphatic carbocycles. The Hall–Kier alpha value is -1.90. The molecule has 0 atom stereocenters. The predicted molar refractivity (Wildman–Crippen MR) is 78.1 cm³/mol. The number of hydrogen-bond donors (Lipinski definition) is 1. The molecule has 98 valence electrons. The summed E-state index contributed by atoms with van der Waals surface area (Å²) in [5, 5.41) is 0. The van der Waals surface area contributed by atoms with Crippen LogP contribution in [0.5, 0.6) is 0 Å². The van der Waals surface area contributed by atoms with Crippen molar-refractivity contribution in [2.75, 3.05) is 5.73 Å². The van der Waals surface area contributed by atoms with Crippen molar-refractivity contribution in [2.24, 2.45) is 0 Å². The summed E-state index contributed by atoms with van der Waals surface area (Å²) in [6.45, 7) is 6.33. The van der Waals surface area contributed by atoms with Gasteiger partial charge < -0.3 is 5.73 Å². The van der Waals surface area contributed by atoms with Gasteiger partial charge in [-0.15, -0.1) is 0 Å². The van der Waals surface area contributed by atoms with Gasteiger partial charge in [0.15, 0.2) is 5.82 Å². The first kappa shape index (κ1) is 12.2. The van der Waals surface area contributed by atoms with Crippen LogP contribution in [0, 0.1) is 20.8 Å². The highest BCUT2D eigenvalue weighted by molar-refractivity contribution is 5.66. The Kier molecular flexibility index (Phi) is 2.77. The molecule has 3 nitrogen and oxygen atoms in total. The van der Waals surface area contributed by atoms with Gasteiger partial charge in [0.25, 0.3) is 0 Å². The number of benzene rings is 1. The van der Waals surface area contributed by atoms with E-state index in [0.717, 1.165) is 17.1 Å². The number of hydrogen-bond acceptors (Lipinski definition) is 3. The third-order valence-corrected chi connectivity index (χ3v) is 3.66. The Morgan fingerprint density at radius 3 is 2.21 bits per heavy atom. The summed E-state index contributed by atoms with van der Waals surface area (Å²) in [7, 11) is 0. The lowest BCUT2D eigenvalue weighted by Gasteiger charge is -2.11. The molecule has 1 aromatic heterocycles. The molecule has 0 unspecified atom stereocenters. The van der Waals surface area contributed by atoms with Gasteiger partial charge in [-0.05, 0) is 44.7 Å². The largest absolute Gasteiger partial charge is 0.384 e. The molecule has 0 saturated heterocycles. The van der Waals surface area contributed by atoms with Crippen LogP contribution in [0.4, 0.5) is 5.82 Å². The van der Waals surface area contributed by atoms with Crippen LogP contribution in [0.3, 0.4) is 0 Å². The number of rotatable bonds is 2. The van der Waals surface area contributed by atoms with Crippen molar-refractivity contribution in [3.63, 3.8) is 0 Å². The predicted octanol–water partition coefficient (Wildman–Crippen LogP) is 3.53. The summed E-state index contributed by atoms with van der Waals surface area (Å²) >= 11 is 0. The number of aryl methyl sites for hydroxylation is 3. The minimum Gasteiger partial charge on any atom is -0.384 e. The first-order valence-electron chi connectivity index (χ1n) is 6.77. The number of nitrogen functional groups attached to an aromatic ring is 1. The second-order valence-electron chi connectivity index (χ2n) is 5.59. The van der Waals surface area contributed by atoms with E-state index in [-0.39, 0.29) is 0 Å². The standard InChI is InChI=1S/C16H19N3/c1-9-6-10(2)15(11(3)7-9)16-18-13(12-4-5-12)8-14(17)19-16/h6-8,12H,4-5H2,1-3H3,(H2,17,18,19). The van der Waals surface area contributed by atoms with Crippen LogP contribution in [-0.4, -0.2) is 9.97 Å². The quantitative estimate of drug-likeness (QED) is 0.890. The number of anilines is 1. The summed E-state index contributed by atoms with van der Waals surface area (Å²) in [6.07, 6.45) is 2.45. The Balaban J connectivity index is 2.16. The SMILES string of the molecule is Cc1cc(C)c(-c2nc(N)cc(C3CC3)n2)c(C)c1. The van der Waals surface area contributed by atoms with Gasteiger partial charge in [0.1, 0.15) is 5.82 Å². The monoisotopic (exact) mass is 253 g/mol. The topological polar surface area (TPSA) is 51.8 Å². The van der Waals surface area contributed by atoms with Gasteiger partial charge in [0.05, 0.1) is 0 Å². The van der Waals surface area contributed by atoms with Crippen molar-refractivity contribution in [1.82, 2.24) is 9.97 Å². The Morgan fingerprint density at radius 2 is 1.63 bits per heavy atom. The maximum atomic E-state index is 5.94. The van der Waals surface area contributed by atoms with Crippen LogP contribution in [0.1, 0.15) is 41.1 Å². The van der Waals surface area contributed by atoms with E-state index in [2.05, 4.69) is 37.9 Å². The zero-order valence-electron chi connectivity index (χ0n) is 11.7. The molecular weight excluding hydrogens is 234 g/mol. The third-order valence-electron chi connectivity index (χ3n) is 3.66. The lowest BCUT2D eigenvalue weighted by molar-refractivity contribution is 0.995. The van der Waals surface area contributed by atoms with E-state index in [1.807, 2.05) is 6.07 Å². The van der Waals surface area contributed by atoms with Crippen molar-refractivity contribution in [3.05, 3.63) is 40.6 Å². The smallest absolute Gasteiger partial charge is 0.162 e. The van der Waals surface area contributed by atoms with Gasteiger partial charge in [-0.1, -0.05) is 17.7 Å². The second-order valence-corrected chi connectivity index (χ2v) is 5.59. The van der Waals surface area contributed by atoms with Crippen LogP contribution in [0.15, 0.2) is 18.2 Å². The fourth-order valence-electron chi connectivity index (χ4n) is 2.72. The Bertz CT molecular complexity index is 619. The molecular formula is C16H19N3. The van der Waals surface area contributed by atoms with E-state index in [1.165, 1.54) is 29.5 Å². The number of aromatic nitrogens is 2. The van der Waals surface area contributed by atoms with Gasteiger partial charge >= 0.3 is 0 Å². The zero-order chi connectivity index (χ0) is 13.6. The highest BCUT2D eigenvalue weighted by Crippen LogP contribution is 2.40. The second kappa shape index (κ2) is 4.34. The van der Waals surface area contributed by atoms with Crippen LogP contribution in [0.2, 0.25) is 0 Å². The maximum Gasteiger partial charge on any atom is 0.162 e. The molecule has 0 aliphatic heterocycles. The lowest BCUT2D eigenvalue weighted by atomic mass is 9.99. The molecule has 2 N–H and O–H groups in total. The van der Waals surface area contributed by atoms with E-state index in [1.54, 1.807) is 0 Å². The molecule has 2 aromatic rings. The number of nitrogens with two attached hydrogens (primary N) is 1. The fourth-order valence-corrected chi connectivity index (χ4v) is 2.72. The van der Waals surface area contributed by atoms with E-state index in [9.17, 15) is 0 Å². The Labute approximate surface area is 113 Å². The summed E-state index contributed by atoms with van der Waals surface area (Å²) in [5.41, 5.74) is 11.9. The van der Waals surface area contributed by atoms with E-state index in [0.29, 0.717) is 11.7 Å². The first-order chi connectivity index (χ1) is 9.04. The molecule has 3 heteroatoms. The molecule has 0 radical (unpaired) electrons. The van der Waals surface area contributed by atoms with E-state index in [4.69, 9.17) is 10.7 Å². The van der Waals surface area contributed by atoms with Crippen LogP contribution < -0.4 is 5.73 Å². The zero-order valence-corrected chi connectivity index (χ0v) is 11.7. The first-order valence-corrected chi connectivity index (χ1v) is 6.77. The average molecular weight is 253 g/mol. The van der Waals surface area contributed by atoms with Gasteiger partial charge in [-0.2, -0.15) is 0 Å². The van der Waals surface area contributed by atoms with Crippen molar-refractivity contribution in [3.8, 4) is 11.4 Å². The van der Waals surface area contributed by atoms with Gasteiger partial charge in [-0.25, -0.2) is 9.97 Å². The van der Waals surface area contributed by atoms with Crippen molar-refractivity contribution >= 4 is 5.82 Å². The summed E-state index contributed by atoms with van der Waals surface area (Å²) < 4.78 is 0. The molecule has 19 heavy (non-hydrogen) atoms. The van der Waals surface area contributed by atoms with Crippen LogP contribution in [-0.2, 0) is 0 Å². The molecule has 1 fully saturated rings. The van der Waals surface area contributed by atoms with E-state index >= 15 is 0 Å². The lowest BCUT2D eigenvalue weighted by Crippen LogP contribution is -2.02. The Morgan fingerprint density at radius 1 is 1.00 bits per heavy atom. The molecule has 0 bridgehead atoms. The molecule has 0 spiro atoms. The van der Waals surface area contributed by atoms with Crippen molar-refractivity contribution in [2.45, 2.75) is 39.5 Å². The summed E-state index contributed by atoms with van der Waals surface area (Å²) in [6, 6.07) is 6.26. The van der Waals surface area contributed by atoms with Gasteiger partial charge in [0, 0.05) is 23.2 Å². The van der Waals surface area contributed by atoms with Crippen LogP contribution in [0.25, 0.3) is 11.4 Å². The average Bonchev–Trinajstić information content (AvgIpc) is 3.10. The highest BCUT2D eigenvalue weighted by atomic mass is 15.0. The maximum absolute atomic E-state index is 5.94. The van der Waals surface area contributed by atoms with Crippen molar-refractivity contribution in [1.29, 1.82) is 0 Å². The fraction of sp³-hybridized carbons (Fsp3) is 0.375. The molecule has 1 aliphatic rings. The minimum atomic E-state index is 0.575. The molecule has 1 heterocycles. The molecule has 3 rings (SSSR count). The summed E-state index contributed by atoms with van der Waals surface area (Å²) in [5.74, 6) is 1.94. The van der Waals surface area contributed by atoms with E-state index < -0.39 is 0 Å². The summed E-state index contributed by atoms with van der Waals surface area (Å²) in [4.78, 5) is 9.16. The van der Waals surface area contributed by atoms with Gasteiger partial charge in [-0.3, -0.25) is 0 Å². The normalized spacial score (nSPS) is 14.7. The molecule has 1 saturated carbocycles. The molecule has 0 amide bonds. The minimum absolute atomic E-state index is 0.575. The van der Waals surface area contributed by atoms with Gasteiger partial charge in [0.2, 0.25) is 0 Å². The number of nitrogens with zero attached hydrogens (tertiary/aromatic N) is 2. The third kappa shape index (κ3) is 2.33. The molecule has 1 aromatic carbocycles. The highest BCUT2D eigenvalue weighted by Gasteiger charge is 2.26.